The minimum atomic E-state index is -4.91. The topological polar surface area (TPSA) is 12.4 Å². The van der Waals surface area contributed by atoms with Crippen molar-refractivity contribution in [3.05, 3.63) is 23.9 Å². The molecule has 0 rings (SSSR count). The lowest BCUT2D eigenvalue weighted by Crippen LogP contribution is -2.23. The van der Waals surface area contributed by atoms with Crippen molar-refractivity contribution in [2.75, 3.05) is 0 Å². The van der Waals surface area contributed by atoms with Crippen LogP contribution in [0, 0.1) is 0 Å². The van der Waals surface area contributed by atoms with Gasteiger partial charge < -0.3 is 0 Å². The van der Waals surface area contributed by atoms with Crippen LogP contribution < -0.4 is 0 Å². The first-order valence-electron chi connectivity index (χ1n) is 4.15. The van der Waals surface area contributed by atoms with E-state index in [9.17, 15) is 26.3 Å². The van der Waals surface area contributed by atoms with Crippen LogP contribution in [0.25, 0.3) is 0 Å². The molecule has 0 heterocycles. The average Bonchev–Trinajstić information content (AvgIpc) is 2.07. The fourth-order valence-electron chi connectivity index (χ4n) is 0.774. The van der Waals surface area contributed by atoms with Crippen molar-refractivity contribution in [1.29, 1.82) is 0 Å². The zero-order valence-electron chi connectivity index (χ0n) is 8.45. The minimum absolute atomic E-state index is 0.481. The van der Waals surface area contributed by atoms with Crippen LogP contribution in [0.3, 0.4) is 0 Å². The van der Waals surface area contributed by atoms with Crippen LogP contribution in [0.15, 0.2) is 28.9 Å². The summed E-state index contributed by atoms with van der Waals surface area (Å²) in [6, 6.07) is 0. The predicted octanol–water partition coefficient (Wildman–Crippen LogP) is 4.03. The highest BCUT2D eigenvalue weighted by atomic mass is 19.4. The molecular weight excluding hydrogens is 236 g/mol. The van der Waals surface area contributed by atoms with Gasteiger partial charge in [-0.05, 0) is 19.9 Å². The SMILES string of the molecule is C\C=C/C(=N\C(=C/C)C(F)(F)F)C(F)(F)F. The Kier molecular flexibility index (Phi) is 4.77. The Balaban J connectivity index is 5.38. The van der Waals surface area contributed by atoms with Gasteiger partial charge >= 0.3 is 12.4 Å². The van der Waals surface area contributed by atoms with Crippen LogP contribution in [-0.4, -0.2) is 18.1 Å². The zero-order chi connectivity index (χ0) is 13.0. The Labute approximate surface area is 88.2 Å². The normalized spacial score (nSPS) is 16.0. The Hall–Kier alpha value is -1.27. The number of hydrogen-bond donors (Lipinski definition) is 0. The first-order valence-corrected chi connectivity index (χ1v) is 4.15. The van der Waals surface area contributed by atoms with Crippen molar-refractivity contribution >= 4 is 5.71 Å². The van der Waals surface area contributed by atoms with Crippen molar-refractivity contribution < 1.29 is 26.3 Å². The molecule has 0 bridgehead atoms. The van der Waals surface area contributed by atoms with Crippen molar-refractivity contribution in [2.45, 2.75) is 26.2 Å². The van der Waals surface area contributed by atoms with Gasteiger partial charge in [0.1, 0.15) is 11.4 Å². The molecule has 0 aromatic heterocycles. The summed E-state index contributed by atoms with van der Waals surface area (Å²) >= 11 is 0. The van der Waals surface area contributed by atoms with Gasteiger partial charge in [-0.3, -0.25) is 0 Å². The van der Waals surface area contributed by atoms with E-state index in [1.807, 2.05) is 0 Å². The molecule has 1 nitrogen and oxygen atoms in total. The molecule has 0 radical (unpaired) electrons. The highest BCUT2D eigenvalue weighted by Crippen LogP contribution is 2.29. The number of nitrogens with zero attached hydrogens (tertiary/aromatic N) is 1. The van der Waals surface area contributed by atoms with E-state index >= 15 is 0 Å². The van der Waals surface area contributed by atoms with Gasteiger partial charge in [0, 0.05) is 0 Å². The summed E-state index contributed by atoms with van der Waals surface area (Å²) in [6.07, 6.45) is -7.88. The lowest BCUT2D eigenvalue weighted by molar-refractivity contribution is -0.0932. The minimum Gasteiger partial charge on any atom is -0.239 e. The van der Waals surface area contributed by atoms with Crippen molar-refractivity contribution in [3.63, 3.8) is 0 Å². The summed E-state index contributed by atoms with van der Waals surface area (Å²) in [4.78, 5) is 2.57. The molecule has 0 aliphatic heterocycles. The Bertz CT molecular complexity index is 318. The molecule has 0 saturated heterocycles. The highest BCUT2D eigenvalue weighted by molar-refractivity contribution is 6.00. The number of allylic oxidation sites excluding steroid dienone is 4. The largest absolute Gasteiger partial charge is 0.433 e. The van der Waals surface area contributed by atoms with Gasteiger partial charge in [0.05, 0.1) is 0 Å². The van der Waals surface area contributed by atoms with E-state index in [1.54, 1.807) is 0 Å². The standard InChI is InChI=1S/C9H9F6N/c1-3-5-7(9(13,14)15)16-6(4-2)8(10,11)12/h3-5H,1-2H3/b5-3-,6-4-,16-7+. The fraction of sp³-hybridized carbons (Fsp3) is 0.444. The summed E-state index contributed by atoms with van der Waals surface area (Å²) in [7, 11) is 0. The summed E-state index contributed by atoms with van der Waals surface area (Å²) in [6.45, 7) is 2.22. The lowest BCUT2D eigenvalue weighted by atomic mass is 10.3. The molecule has 0 spiro atoms. The van der Waals surface area contributed by atoms with Gasteiger partial charge in [-0.1, -0.05) is 12.2 Å². The third-order valence-electron chi connectivity index (χ3n) is 1.42. The molecule has 0 atom stereocenters. The number of hydrogen-bond acceptors (Lipinski definition) is 1. The van der Waals surface area contributed by atoms with Crippen molar-refractivity contribution in [3.8, 4) is 0 Å². The molecule has 0 unspecified atom stereocenters. The number of halogens is 6. The maximum absolute atomic E-state index is 12.2. The monoisotopic (exact) mass is 245 g/mol. The van der Waals surface area contributed by atoms with Gasteiger partial charge in [0.15, 0.2) is 0 Å². The van der Waals surface area contributed by atoms with Crippen molar-refractivity contribution in [1.82, 2.24) is 0 Å². The first kappa shape index (κ1) is 14.7. The molecule has 0 saturated carbocycles. The Morgan fingerprint density at radius 2 is 1.44 bits per heavy atom. The van der Waals surface area contributed by atoms with E-state index in [2.05, 4.69) is 4.99 Å². The second-order valence-corrected chi connectivity index (χ2v) is 2.67. The molecule has 0 aliphatic rings. The molecule has 0 aromatic carbocycles. The van der Waals surface area contributed by atoms with E-state index in [0.29, 0.717) is 12.2 Å². The van der Waals surface area contributed by atoms with Gasteiger partial charge in [0.2, 0.25) is 0 Å². The molecule has 7 heteroatoms. The predicted molar refractivity (Wildman–Crippen MR) is 48.1 cm³/mol. The van der Waals surface area contributed by atoms with Crippen LogP contribution in [0.5, 0.6) is 0 Å². The zero-order valence-corrected chi connectivity index (χ0v) is 8.45. The molecule has 0 N–H and O–H groups in total. The van der Waals surface area contributed by atoms with E-state index < -0.39 is 23.8 Å². The first-order chi connectivity index (χ1) is 7.12. The molecular formula is C9H9F6N. The molecule has 92 valence electrons. The second kappa shape index (κ2) is 5.18. The summed E-state index contributed by atoms with van der Waals surface area (Å²) in [5.41, 5.74) is -3.15. The Morgan fingerprint density at radius 1 is 0.938 bits per heavy atom. The van der Waals surface area contributed by atoms with Crippen LogP contribution in [0.1, 0.15) is 13.8 Å². The average molecular weight is 245 g/mol. The van der Waals surface area contributed by atoms with E-state index in [-0.39, 0.29) is 0 Å². The van der Waals surface area contributed by atoms with E-state index in [1.165, 1.54) is 6.92 Å². The molecule has 0 amide bonds. The summed E-state index contributed by atoms with van der Waals surface area (Å²) in [5.74, 6) is 0. The van der Waals surface area contributed by atoms with Gasteiger partial charge in [-0.2, -0.15) is 26.3 Å². The van der Waals surface area contributed by atoms with E-state index in [0.717, 1.165) is 13.0 Å². The second-order valence-electron chi connectivity index (χ2n) is 2.67. The summed E-state index contributed by atoms with van der Waals surface area (Å²) < 4.78 is 73.1. The van der Waals surface area contributed by atoms with E-state index in [4.69, 9.17) is 0 Å². The van der Waals surface area contributed by atoms with Gasteiger partial charge in [0.25, 0.3) is 0 Å². The molecule has 0 aliphatic carbocycles. The third kappa shape index (κ3) is 4.50. The maximum Gasteiger partial charge on any atom is 0.433 e. The quantitative estimate of drug-likeness (QED) is 0.514. The number of rotatable bonds is 2. The number of alkyl halides is 6. The Morgan fingerprint density at radius 3 is 1.69 bits per heavy atom. The van der Waals surface area contributed by atoms with Crippen LogP contribution in [-0.2, 0) is 0 Å². The molecule has 0 fully saturated rings. The molecule has 16 heavy (non-hydrogen) atoms. The molecule has 0 aromatic rings. The maximum atomic E-state index is 12.2. The number of aliphatic imine (C=N–C) groups is 1. The summed E-state index contributed by atoms with van der Waals surface area (Å²) in [5, 5.41) is 0. The van der Waals surface area contributed by atoms with Crippen LogP contribution in [0.2, 0.25) is 0 Å². The lowest BCUT2D eigenvalue weighted by Gasteiger charge is -2.10. The van der Waals surface area contributed by atoms with Crippen LogP contribution >= 0.6 is 0 Å². The fourth-order valence-corrected chi connectivity index (χ4v) is 0.774. The van der Waals surface area contributed by atoms with Crippen molar-refractivity contribution in [2.24, 2.45) is 4.99 Å². The highest BCUT2D eigenvalue weighted by Gasteiger charge is 2.38. The van der Waals surface area contributed by atoms with Gasteiger partial charge in [-0.15, -0.1) is 0 Å². The van der Waals surface area contributed by atoms with Gasteiger partial charge in [-0.25, -0.2) is 4.99 Å². The van der Waals surface area contributed by atoms with Crippen LogP contribution in [0.4, 0.5) is 26.3 Å². The smallest absolute Gasteiger partial charge is 0.239 e. The third-order valence-corrected chi connectivity index (χ3v) is 1.42.